The van der Waals surface area contributed by atoms with Crippen LogP contribution in [-0.2, 0) is 11.2 Å². The predicted molar refractivity (Wildman–Crippen MR) is 79.6 cm³/mol. The summed E-state index contributed by atoms with van der Waals surface area (Å²) in [6.45, 7) is 4.31. The summed E-state index contributed by atoms with van der Waals surface area (Å²) in [7, 11) is 0. The average Bonchev–Trinajstić information content (AvgIpc) is 2.90. The van der Waals surface area contributed by atoms with Gasteiger partial charge in [0.05, 0.1) is 5.01 Å². The number of carbonyl (C=O) groups is 1. The Morgan fingerprint density at radius 1 is 1.32 bits per heavy atom. The third kappa shape index (κ3) is 4.17. The molecule has 1 N–H and O–H groups in total. The second-order valence-corrected chi connectivity index (χ2v) is 5.73. The highest BCUT2D eigenvalue weighted by molar-refractivity contribution is 7.09. The first-order valence-electron chi connectivity index (χ1n) is 6.43. The van der Waals surface area contributed by atoms with Crippen LogP contribution in [0, 0.1) is 0 Å². The van der Waals surface area contributed by atoms with Gasteiger partial charge in [0.15, 0.2) is 0 Å². The van der Waals surface area contributed by atoms with Crippen molar-refractivity contribution in [3.05, 3.63) is 46.4 Å². The Labute approximate surface area is 117 Å². The number of amides is 1. The maximum Gasteiger partial charge on any atom is 0.224 e. The molecule has 0 bridgehead atoms. The summed E-state index contributed by atoms with van der Waals surface area (Å²) >= 11 is 1.59. The number of aryl methyl sites for hydroxylation is 1. The molecule has 0 unspecified atom stereocenters. The van der Waals surface area contributed by atoms with Crippen molar-refractivity contribution in [1.82, 2.24) is 4.98 Å². The number of anilines is 1. The fraction of sp³-hybridized carbons (Fsp3) is 0.333. The number of rotatable bonds is 5. The van der Waals surface area contributed by atoms with E-state index < -0.39 is 0 Å². The lowest BCUT2D eigenvalue weighted by molar-refractivity contribution is -0.116. The van der Waals surface area contributed by atoms with Gasteiger partial charge in [0.1, 0.15) is 0 Å². The van der Waals surface area contributed by atoms with Crippen molar-refractivity contribution in [2.75, 3.05) is 5.32 Å². The highest BCUT2D eigenvalue weighted by atomic mass is 32.1. The zero-order valence-corrected chi connectivity index (χ0v) is 12.0. The molecule has 0 aliphatic rings. The summed E-state index contributed by atoms with van der Waals surface area (Å²) in [6.07, 6.45) is 2.94. The number of hydrogen-bond acceptors (Lipinski definition) is 3. The zero-order chi connectivity index (χ0) is 13.7. The monoisotopic (exact) mass is 274 g/mol. The molecule has 0 atom stereocenters. The Morgan fingerprint density at radius 2 is 2.05 bits per heavy atom. The van der Waals surface area contributed by atoms with E-state index in [0.29, 0.717) is 18.8 Å². The maximum absolute atomic E-state index is 11.8. The van der Waals surface area contributed by atoms with Crippen molar-refractivity contribution >= 4 is 22.9 Å². The van der Waals surface area contributed by atoms with Crippen LogP contribution in [0.5, 0.6) is 0 Å². The molecule has 3 nitrogen and oxygen atoms in total. The van der Waals surface area contributed by atoms with E-state index in [0.717, 1.165) is 10.7 Å². The summed E-state index contributed by atoms with van der Waals surface area (Å²) in [6, 6.07) is 8.02. The van der Waals surface area contributed by atoms with Crippen molar-refractivity contribution in [2.45, 2.75) is 32.6 Å². The topological polar surface area (TPSA) is 42.0 Å². The van der Waals surface area contributed by atoms with Crippen molar-refractivity contribution in [3.63, 3.8) is 0 Å². The fourth-order valence-corrected chi connectivity index (χ4v) is 2.39. The van der Waals surface area contributed by atoms with Gasteiger partial charge in [-0.1, -0.05) is 26.0 Å². The lowest BCUT2D eigenvalue weighted by Crippen LogP contribution is -2.12. The molecule has 1 amide bonds. The minimum Gasteiger partial charge on any atom is -0.326 e. The van der Waals surface area contributed by atoms with Gasteiger partial charge in [-0.2, -0.15) is 0 Å². The molecular weight excluding hydrogens is 256 g/mol. The minimum atomic E-state index is 0.0347. The first-order chi connectivity index (χ1) is 9.15. The van der Waals surface area contributed by atoms with Gasteiger partial charge in [0, 0.05) is 30.1 Å². The van der Waals surface area contributed by atoms with E-state index in [9.17, 15) is 4.79 Å². The Bertz CT molecular complexity index is 518. The molecule has 19 heavy (non-hydrogen) atoms. The highest BCUT2D eigenvalue weighted by Gasteiger charge is 2.05. The van der Waals surface area contributed by atoms with Gasteiger partial charge in [-0.25, -0.2) is 4.98 Å². The minimum absolute atomic E-state index is 0.0347. The number of nitrogens with zero attached hydrogens (tertiary/aromatic N) is 1. The third-order valence-electron chi connectivity index (χ3n) is 2.91. The highest BCUT2D eigenvalue weighted by Crippen LogP contribution is 2.17. The van der Waals surface area contributed by atoms with Crippen molar-refractivity contribution in [1.29, 1.82) is 0 Å². The van der Waals surface area contributed by atoms with Crippen molar-refractivity contribution in [3.8, 4) is 0 Å². The van der Waals surface area contributed by atoms with E-state index in [2.05, 4.69) is 36.3 Å². The number of nitrogens with one attached hydrogen (secondary N) is 1. The normalized spacial score (nSPS) is 10.7. The van der Waals surface area contributed by atoms with Gasteiger partial charge >= 0.3 is 0 Å². The number of thiazole rings is 1. The molecule has 0 spiro atoms. The zero-order valence-electron chi connectivity index (χ0n) is 11.2. The van der Waals surface area contributed by atoms with Gasteiger partial charge in [0.25, 0.3) is 0 Å². The molecule has 0 saturated heterocycles. The van der Waals surface area contributed by atoms with Crippen LogP contribution in [0.15, 0.2) is 35.8 Å². The van der Waals surface area contributed by atoms with E-state index in [1.54, 1.807) is 17.5 Å². The molecule has 1 aromatic heterocycles. The van der Waals surface area contributed by atoms with E-state index in [1.807, 2.05) is 17.5 Å². The van der Waals surface area contributed by atoms with E-state index in [1.165, 1.54) is 5.56 Å². The molecule has 1 heterocycles. The van der Waals surface area contributed by atoms with Crippen LogP contribution >= 0.6 is 11.3 Å². The summed E-state index contributed by atoms with van der Waals surface area (Å²) < 4.78 is 0. The van der Waals surface area contributed by atoms with Crippen LogP contribution in [0.2, 0.25) is 0 Å². The second kappa shape index (κ2) is 6.48. The lowest BCUT2D eigenvalue weighted by atomic mass is 10.0. The lowest BCUT2D eigenvalue weighted by Gasteiger charge is -2.08. The smallest absolute Gasteiger partial charge is 0.224 e. The molecule has 1 aromatic carbocycles. The SMILES string of the molecule is CC(C)c1ccc(NC(=O)CCc2nccs2)cc1. The summed E-state index contributed by atoms with van der Waals surface area (Å²) in [5.41, 5.74) is 2.13. The Morgan fingerprint density at radius 3 is 2.63 bits per heavy atom. The Hall–Kier alpha value is -1.68. The van der Waals surface area contributed by atoms with Gasteiger partial charge in [-0.15, -0.1) is 11.3 Å². The largest absolute Gasteiger partial charge is 0.326 e. The number of carbonyl (C=O) groups excluding carboxylic acids is 1. The molecule has 0 aliphatic heterocycles. The van der Waals surface area contributed by atoms with Crippen LogP contribution in [0.1, 0.15) is 36.8 Å². The molecule has 0 radical (unpaired) electrons. The van der Waals surface area contributed by atoms with E-state index in [-0.39, 0.29) is 5.91 Å². The van der Waals surface area contributed by atoms with Crippen LogP contribution in [0.25, 0.3) is 0 Å². The molecule has 0 fully saturated rings. The van der Waals surface area contributed by atoms with Crippen LogP contribution in [-0.4, -0.2) is 10.9 Å². The number of benzene rings is 1. The molecule has 0 aliphatic carbocycles. The molecule has 0 saturated carbocycles. The molecule has 2 rings (SSSR count). The Balaban J connectivity index is 1.84. The predicted octanol–water partition coefficient (Wildman–Crippen LogP) is 3.84. The third-order valence-corrected chi connectivity index (χ3v) is 3.75. The molecular formula is C15H18N2OS. The molecule has 2 aromatic rings. The van der Waals surface area contributed by atoms with Crippen molar-refractivity contribution < 1.29 is 4.79 Å². The first-order valence-corrected chi connectivity index (χ1v) is 7.31. The average molecular weight is 274 g/mol. The number of aromatic nitrogens is 1. The summed E-state index contributed by atoms with van der Waals surface area (Å²) in [4.78, 5) is 16.0. The van der Waals surface area contributed by atoms with Crippen LogP contribution < -0.4 is 5.32 Å². The Kier molecular flexibility index (Phi) is 4.68. The van der Waals surface area contributed by atoms with Gasteiger partial charge in [0.2, 0.25) is 5.91 Å². The van der Waals surface area contributed by atoms with E-state index >= 15 is 0 Å². The van der Waals surface area contributed by atoms with Crippen LogP contribution in [0.3, 0.4) is 0 Å². The maximum atomic E-state index is 11.8. The molecule has 100 valence electrons. The van der Waals surface area contributed by atoms with Gasteiger partial charge < -0.3 is 5.32 Å². The van der Waals surface area contributed by atoms with Crippen LogP contribution in [0.4, 0.5) is 5.69 Å². The quantitative estimate of drug-likeness (QED) is 0.900. The second-order valence-electron chi connectivity index (χ2n) is 4.75. The fourth-order valence-electron chi connectivity index (χ4n) is 1.77. The van der Waals surface area contributed by atoms with Gasteiger partial charge in [-0.3, -0.25) is 4.79 Å². The van der Waals surface area contributed by atoms with E-state index in [4.69, 9.17) is 0 Å². The van der Waals surface area contributed by atoms with Gasteiger partial charge in [-0.05, 0) is 23.6 Å². The molecule has 4 heteroatoms. The summed E-state index contributed by atoms with van der Waals surface area (Å²) in [5, 5.41) is 5.84. The first kappa shape index (κ1) is 13.7. The summed E-state index contributed by atoms with van der Waals surface area (Å²) in [5.74, 6) is 0.544. The standard InChI is InChI=1S/C15H18N2OS/c1-11(2)12-3-5-13(6-4-12)17-14(18)7-8-15-16-9-10-19-15/h3-6,9-11H,7-8H2,1-2H3,(H,17,18). The van der Waals surface area contributed by atoms with Crippen molar-refractivity contribution in [2.24, 2.45) is 0 Å². The number of hydrogen-bond donors (Lipinski definition) is 1.